The molecule has 1 atom stereocenters. The summed E-state index contributed by atoms with van der Waals surface area (Å²) in [6.07, 6.45) is -0.285. The van der Waals surface area contributed by atoms with E-state index in [4.69, 9.17) is 4.74 Å². The zero-order chi connectivity index (χ0) is 23.6. The third-order valence-corrected chi connectivity index (χ3v) is 5.28. The highest BCUT2D eigenvalue weighted by atomic mass is 16.6. The minimum atomic E-state index is -1.96. The van der Waals surface area contributed by atoms with E-state index >= 15 is 0 Å². The number of nitrogens with zero attached hydrogens (tertiary/aromatic N) is 2. The molecule has 0 aliphatic heterocycles. The van der Waals surface area contributed by atoms with Crippen LogP contribution in [0.1, 0.15) is 17.4 Å². The molecule has 5 N–H and O–H groups in total. The van der Waals surface area contributed by atoms with Gasteiger partial charge in [-0.05, 0) is 17.7 Å². The highest BCUT2D eigenvalue weighted by Crippen LogP contribution is 2.29. The van der Waals surface area contributed by atoms with Crippen molar-refractivity contribution in [2.75, 3.05) is 39.6 Å². The standard InChI is InChI=1S/C22H29N2O8/c25-12-21(13-26,14-27)24(31)20(19-9-5-2-6-10-19)32-17-22(15-28,16-29)23(30)11-18-7-3-1-4-8-18/h1-11,20,25-29H,12-17H2/b23-11-. The smallest absolute Gasteiger partial charge is 0.241 e. The van der Waals surface area contributed by atoms with Crippen LogP contribution in [-0.4, -0.2) is 92.3 Å². The first-order valence-electron chi connectivity index (χ1n) is 9.95. The Morgan fingerprint density at radius 1 is 0.875 bits per heavy atom. The number of hydrogen-bond donors (Lipinski definition) is 5. The van der Waals surface area contributed by atoms with E-state index < -0.39 is 56.9 Å². The van der Waals surface area contributed by atoms with E-state index in [1.165, 1.54) is 6.21 Å². The molecule has 10 nitrogen and oxygen atoms in total. The fraction of sp³-hybridized carbons (Fsp3) is 0.409. The summed E-state index contributed by atoms with van der Waals surface area (Å²) in [7, 11) is 0. The molecule has 2 rings (SSSR count). The zero-order valence-corrected chi connectivity index (χ0v) is 17.5. The van der Waals surface area contributed by atoms with Gasteiger partial charge in [-0.2, -0.15) is 4.74 Å². The maximum absolute atomic E-state index is 13.1. The Morgan fingerprint density at radius 2 is 1.38 bits per heavy atom. The van der Waals surface area contributed by atoms with Gasteiger partial charge in [0.1, 0.15) is 25.4 Å². The monoisotopic (exact) mass is 449 g/mol. The molecule has 2 aromatic carbocycles. The van der Waals surface area contributed by atoms with Gasteiger partial charge in [0.15, 0.2) is 12.4 Å². The molecule has 0 spiro atoms. The van der Waals surface area contributed by atoms with E-state index in [-0.39, 0.29) is 5.06 Å². The molecule has 0 bridgehead atoms. The fourth-order valence-electron chi connectivity index (χ4n) is 2.91. The molecule has 0 aromatic heterocycles. The van der Waals surface area contributed by atoms with Crippen molar-refractivity contribution in [3.05, 3.63) is 77.0 Å². The summed E-state index contributed by atoms with van der Waals surface area (Å²) in [4.78, 5) is 0. The van der Waals surface area contributed by atoms with Crippen molar-refractivity contribution < 1.29 is 40.2 Å². The number of benzene rings is 2. The summed E-state index contributed by atoms with van der Waals surface area (Å²) in [5.41, 5.74) is -2.95. The lowest BCUT2D eigenvalue weighted by molar-refractivity contribution is -0.561. The molecule has 2 aromatic rings. The third-order valence-electron chi connectivity index (χ3n) is 5.28. The van der Waals surface area contributed by atoms with Gasteiger partial charge in [0, 0.05) is 5.56 Å². The molecule has 0 fully saturated rings. The lowest BCUT2D eigenvalue weighted by atomic mass is 10.0. The van der Waals surface area contributed by atoms with Gasteiger partial charge in [0.2, 0.25) is 5.54 Å². The number of aliphatic hydroxyl groups excluding tert-OH is 5. The molecule has 0 amide bonds. The summed E-state index contributed by atoms with van der Waals surface area (Å²) >= 11 is 0. The van der Waals surface area contributed by atoms with E-state index in [0.717, 1.165) is 0 Å². The lowest BCUT2D eigenvalue weighted by Gasteiger charge is -2.39. The summed E-state index contributed by atoms with van der Waals surface area (Å²) in [5.74, 6) is 0. The van der Waals surface area contributed by atoms with E-state index in [9.17, 15) is 35.9 Å². The van der Waals surface area contributed by atoms with Crippen LogP contribution in [0.5, 0.6) is 0 Å². The number of ether oxygens (including phenoxy) is 1. The molecule has 32 heavy (non-hydrogen) atoms. The molecular formula is C22H29N2O8. The Hall–Kier alpha value is -2.41. The predicted octanol–water partition coefficient (Wildman–Crippen LogP) is -0.582. The van der Waals surface area contributed by atoms with Crippen LogP contribution in [0.2, 0.25) is 0 Å². The molecule has 0 aliphatic carbocycles. The van der Waals surface area contributed by atoms with E-state index in [1.54, 1.807) is 60.7 Å². The molecule has 0 saturated carbocycles. The van der Waals surface area contributed by atoms with Crippen LogP contribution >= 0.6 is 0 Å². The molecule has 0 aliphatic rings. The minimum absolute atomic E-state index is 0.220. The number of rotatable bonds is 13. The Kier molecular flexibility index (Phi) is 9.69. The van der Waals surface area contributed by atoms with Gasteiger partial charge < -0.3 is 35.5 Å². The number of hydrogen-bond acceptors (Lipinski definition) is 8. The molecule has 0 saturated heterocycles. The van der Waals surface area contributed by atoms with Gasteiger partial charge in [0.05, 0.1) is 19.8 Å². The van der Waals surface area contributed by atoms with E-state index in [0.29, 0.717) is 15.9 Å². The number of aliphatic hydroxyl groups is 5. The highest BCUT2D eigenvalue weighted by molar-refractivity contribution is 5.75. The first kappa shape index (κ1) is 25.8. The van der Waals surface area contributed by atoms with Crippen molar-refractivity contribution in [3.63, 3.8) is 0 Å². The molecular weight excluding hydrogens is 420 g/mol. The summed E-state index contributed by atoms with van der Waals surface area (Å²) < 4.78 is 6.08. The van der Waals surface area contributed by atoms with Crippen LogP contribution in [-0.2, 0) is 9.94 Å². The lowest BCUT2D eigenvalue weighted by Crippen LogP contribution is -2.58. The van der Waals surface area contributed by atoms with Crippen molar-refractivity contribution in [2.45, 2.75) is 17.3 Å². The summed E-state index contributed by atoms with van der Waals surface area (Å²) in [6.45, 7) is -4.75. The summed E-state index contributed by atoms with van der Waals surface area (Å²) in [6, 6.07) is 16.6. The van der Waals surface area contributed by atoms with E-state index in [2.05, 4.69) is 0 Å². The number of hydroxylamine groups is 3. The maximum Gasteiger partial charge on any atom is 0.241 e. The normalized spacial score (nSPS) is 14.0. The van der Waals surface area contributed by atoms with Gasteiger partial charge in [-0.15, -0.1) is 10.3 Å². The Morgan fingerprint density at radius 3 is 1.84 bits per heavy atom. The topological polar surface area (TPSA) is 160 Å². The Labute approximate surface area is 186 Å². The molecule has 1 radical (unpaired) electrons. The first-order valence-corrected chi connectivity index (χ1v) is 9.95. The minimum Gasteiger partial charge on any atom is -0.623 e. The highest BCUT2D eigenvalue weighted by Gasteiger charge is 2.45. The first-order chi connectivity index (χ1) is 15.4. The predicted molar refractivity (Wildman–Crippen MR) is 114 cm³/mol. The Bertz CT molecular complexity index is 818. The van der Waals surface area contributed by atoms with Crippen LogP contribution in [0.15, 0.2) is 60.7 Å². The second-order valence-electron chi connectivity index (χ2n) is 7.50. The van der Waals surface area contributed by atoms with Gasteiger partial charge in [-0.3, -0.25) is 0 Å². The van der Waals surface area contributed by atoms with Crippen LogP contribution < -0.4 is 0 Å². The van der Waals surface area contributed by atoms with Gasteiger partial charge in [-0.1, -0.05) is 48.5 Å². The second-order valence-corrected chi connectivity index (χ2v) is 7.50. The third kappa shape index (κ3) is 5.68. The quantitative estimate of drug-likeness (QED) is 0.0893. The fourth-order valence-corrected chi connectivity index (χ4v) is 2.91. The molecule has 175 valence electrons. The van der Waals surface area contributed by atoms with Crippen LogP contribution in [0.25, 0.3) is 0 Å². The van der Waals surface area contributed by atoms with Crippen molar-refractivity contribution in [2.24, 2.45) is 0 Å². The van der Waals surface area contributed by atoms with Crippen LogP contribution in [0.4, 0.5) is 0 Å². The van der Waals surface area contributed by atoms with Gasteiger partial charge in [-0.25, -0.2) is 0 Å². The second kappa shape index (κ2) is 12.0. The average Bonchev–Trinajstić information content (AvgIpc) is 2.84. The largest absolute Gasteiger partial charge is 0.623 e. The molecule has 0 heterocycles. The average molecular weight is 449 g/mol. The molecule has 10 heteroatoms. The van der Waals surface area contributed by atoms with Crippen molar-refractivity contribution in [1.29, 1.82) is 0 Å². The van der Waals surface area contributed by atoms with Gasteiger partial charge >= 0.3 is 0 Å². The van der Waals surface area contributed by atoms with E-state index in [1.807, 2.05) is 0 Å². The maximum atomic E-state index is 13.1. The van der Waals surface area contributed by atoms with Crippen molar-refractivity contribution >= 4 is 6.21 Å². The van der Waals surface area contributed by atoms with Crippen LogP contribution in [0, 0.1) is 5.21 Å². The Balaban J connectivity index is 2.38. The zero-order valence-electron chi connectivity index (χ0n) is 17.5. The SMILES string of the molecule is [O]N(C(OCC(CO)(CO)/[N+]([O-])=C/c1ccccc1)c1ccccc1)C(CO)(CO)CO. The van der Waals surface area contributed by atoms with Crippen molar-refractivity contribution in [1.82, 2.24) is 5.06 Å². The summed E-state index contributed by atoms with van der Waals surface area (Å²) in [5, 5.41) is 75.0. The van der Waals surface area contributed by atoms with Gasteiger partial charge in [0.25, 0.3) is 0 Å². The van der Waals surface area contributed by atoms with Crippen molar-refractivity contribution in [3.8, 4) is 0 Å². The van der Waals surface area contributed by atoms with Crippen LogP contribution in [0.3, 0.4) is 0 Å². The molecule has 1 unspecified atom stereocenters.